The van der Waals surface area contributed by atoms with Crippen molar-refractivity contribution < 1.29 is 43.0 Å². The molecular formula is C50H93O9P. The summed E-state index contributed by atoms with van der Waals surface area (Å²) in [6.45, 7) is 3.43. The fourth-order valence-corrected chi connectivity index (χ4v) is 7.61. The highest BCUT2D eigenvalue weighted by Crippen LogP contribution is 2.43. The van der Waals surface area contributed by atoms with Crippen molar-refractivity contribution in [2.45, 2.75) is 232 Å². The molecule has 0 aliphatic carbocycles. The van der Waals surface area contributed by atoms with E-state index in [1.165, 1.54) is 135 Å². The van der Waals surface area contributed by atoms with Gasteiger partial charge in [-0.3, -0.25) is 13.8 Å². The number of carbonyl (C=O) groups is 1. The van der Waals surface area contributed by atoms with Gasteiger partial charge in [-0.15, -0.1) is 0 Å². The summed E-state index contributed by atoms with van der Waals surface area (Å²) in [7, 11) is -4.52. The van der Waals surface area contributed by atoms with E-state index in [2.05, 4.69) is 62.5 Å². The van der Waals surface area contributed by atoms with Gasteiger partial charge < -0.3 is 24.6 Å². The molecule has 0 aromatic rings. The van der Waals surface area contributed by atoms with Crippen LogP contribution in [-0.4, -0.2) is 66.3 Å². The minimum absolute atomic E-state index is 0.0489. The van der Waals surface area contributed by atoms with Gasteiger partial charge in [0.25, 0.3) is 0 Å². The van der Waals surface area contributed by atoms with Gasteiger partial charge in [0.05, 0.1) is 26.4 Å². The van der Waals surface area contributed by atoms with Gasteiger partial charge in [0, 0.05) is 13.0 Å². The van der Waals surface area contributed by atoms with Crippen molar-refractivity contribution in [3.63, 3.8) is 0 Å². The molecule has 0 bridgehead atoms. The van der Waals surface area contributed by atoms with Gasteiger partial charge in [-0.1, -0.05) is 210 Å². The average molecular weight is 869 g/mol. The van der Waals surface area contributed by atoms with Crippen molar-refractivity contribution in [3.8, 4) is 0 Å². The lowest BCUT2D eigenvalue weighted by Crippen LogP contribution is -2.29. The standard InChI is InChI=1S/C50H93O9P/c1-3-5-7-9-11-13-15-17-19-20-21-22-23-24-25-26-27-29-31-33-35-37-39-41-43-56-46-49(47-58-60(54,55)57-45-48(52)44-51)59-50(53)42-40-38-36-34-32-30-28-18-16-14-12-10-8-6-4-2/h5,7,11,13,17,19,21-22,48-49,51-52H,3-4,6,8-10,12,14-16,18,20,23-47H2,1-2H3,(H,54,55)/b7-5-,13-11-,19-17-,22-21-. The Kier molecular flexibility index (Phi) is 45.7. The second-order valence-corrected chi connectivity index (χ2v) is 17.9. The first-order valence-electron chi connectivity index (χ1n) is 24.6. The van der Waals surface area contributed by atoms with Gasteiger partial charge in [-0.05, 0) is 51.4 Å². The van der Waals surface area contributed by atoms with Gasteiger partial charge in [-0.2, -0.15) is 0 Å². The Hall–Kier alpha value is -1.58. The number of allylic oxidation sites excluding steroid dienone is 8. The summed E-state index contributed by atoms with van der Waals surface area (Å²) in [5, 5.41) is 18.4. The number of phosphoric ester groups is 1. The molecule has 0 aromatic carbocycles. The number of rotatable bonds is 47. The van der Waals surface area contributed by atoms with E-state index in [4.69, 9.17) is 23.6 Å². The molecule has 60 heavy (non-hydrogen) atoms. The van der Waals surface area contributed by atoms with Crippen LogP contribution < -0.4 is 0 Å². The first-order valence-corrected chi connectivity index (χ1v) is 26.1. The highest BCUT2D eigenvalue weighted by Gasteiger charge is 2.26. The molecule has 3 unspecified atom stereocenters. The van der Waals surface area contributed by atoms with Crippen LogP contribution in [0.5, 0.6) is 0 Å². The maximum atomic E-state index is 12.6. The quantitative estimate of drug-likeness (QED) is 0.0237. The van der Waals surface area contributed by atoms with E-state index in [0.29, 0.717) is 6.61 Å². The fraction of sp³-hybridized carbons (Fsp3) is 0.820. The average Bonchev–Trinajstić information content (AvgIpc) is 3.24. The largest absolute Gasteiger partial charge is 0.472 e. The summed E-state index contributed by atoms with van der Waals surface area (Å²) in [5.74, 6) is -0.381. The lowest BCUT2D eigenvalue weighted by Gasteiger charge is -2.20. The third-order valence-corrected chi connectivity index (χ3v) is 11.5. The zero-order chi connectivity index (χ0) is 43.9. The Morgan fingerprint density at radius 2 is 0.950 bits per heavy atom. The molecule has 0 radical (unpaired) electrons. The van der Waals surface area contributed by atoms with E-state index in [9.17, 15) is 19.4 Å². The monoisotopic (exact) mass is 869 g/mol. The van der Waals surface area contributed by atoms with Gasteiger partial charge in [0.2, 0.25) is 0 Å². The van der Waals surface area contributed by atoms with Crippen LogP contribution >= 0.6 is 7.82 Å². The summed E-state index contributed by atoms with van der Waals surface area (Å²) in [6.07, 6.45) is 53.6. The van der Waals surface area contributed by atoms with Crippen molar-refractivity contribution in [2.24, 2.45) is 0 Å². The smallest absolute Gasteiger partial charge is 0.457 e. The first-order chi connectivity index (χ1) is 29.3. The molecule has 0 aromatic heterocycles. The molecule has 0 spiro atoms. The Bertz CT molecular complexity index is 1080. The minimum atomic E-state index is -4.52. The number of ether oxygens (including phenoxy) is 2. The van der Waals surface area contributed by atoms with Crippen LogP contribution in [0.15, 0.2) is 48.6 Å². The van der Waals surface area contributed by atoms with E-state index in [1.54, 1.807) is 0 Å². The second-order valence-electron chi connectivity index (χ2n) is 16.5. The third kappa shape index (κ3) is 45.9. The van der Waals surface area contributed by atoms with E-state index in [1.807, 2.05) is 0 Å². The molecule has 0 aliphatic heterocycles. The normalized spacial score (nSPS) is 14.3. The number of aliphatic hydroxyl groups excluding tert-OH is 2. The van der Waals surface area contributed by atoms with Gasteiger partial charge in [0.1, 0.15) is 12.2 Å². The summed E-state index contributed by atoms with van der Waals surface area (Å²) in [5.41, 5.74) is 0. The van der Waals surface area contributed by atoms with Gasteiger partial charge >= 0.3 is 13.8 Å². The van der Waals surface area contributed by atoms with Gasteiger partial charge in [-0.25, -0.2) is 4.57 Å². The molecule has 3 atom stereocenters. The lowest BCUT2D eigenvalue weighted by molar-refractivity contribution is -0.154. The van der Waals surface area contributed by atoms with Crippen molar-refractivity contribution in [1.82, 2.24) is 0 Å². The van der Waals surface area contributed by atoms with Crippen molar-refractivity contribution in [3.05, 3.63) is 48.6 Å². The maximum absolute atomic E-state index is 12.6. The van der Waals surface area contributed by atoms with Crippen LogP contribution in [0.25, 0.3) is 0 Å². The number of aliphatic hydroxyl groups is 2. The Balaban J connectivity index is 4.05. The summed E-state index contributed by atoms with van der Waals surface area (Å²) < 4.78 is 33.5. The van der Waals surface area contributed by atoms with Crippen molar-refractivity contribution >= 4 is 13.8 Å². The number of carbonyl (C=O) groups excluding carboxylic acids is 1. The van der Waals surface area contributed by atoms with Crippen molar-refractivity contribution in [1.29, 1.82) is 0 Å². The molecule has 9 nitrogen and oxygen atoms in total. The maximum Gasteiger partial charge on any atom is 0.472 e. The SMILES string of the molecule is CC/C=C\C/C=C\C/C=C\C/C=C\CCCCCCCCCCCCCOCC(COP(=O)(O)OCC(O)CO)OC(=O)CCCCCCCCCCCCCCCCC. The Morgan fingerprint density at radius 3 is 1.43 bits per heavy atom. The molecule has 0 saturated heterocycles. The number of esters is 1. The molecule has 0 heterocycles. The predicted molar refractivity (Wildman–Crippen MR) is 251 cm³/mol. The van der Waals surface area contributed by atoms with Crippen molar-refractivity contribution in [2.75, 3.05) is 33.0 Å². The summed E-state index contributed by atoms with van der Waals surface area (Å²) in [6, 6.07) is 0. The summed E-state index contributed by atoms with van der Waals surface area (Å²) in [4.78, 5) is 22.6. The molecule has 3 N–H and O–H groups in total. The zero-order valence-electron chi connectivity index (χ0n) is 38.7. The first kappa shape index (κ1) is 58.4. The third-order valence-electron chi connectivity index (χ3n) is 10.5. The van der Waals surface area contributed by atoms with Gasteiger partial charge in [0.15, 0.2) is 0 Å². The highest BCUT2D eigenvalue weighted by molar-refractivity contribution is 7.47. The Morgan fingerprint density at radius 1 is 0.533 bits per heavy atom. The van der Waals surface area contributed by atoms with E-state index >= 15 is 0 Å². The van der Waals surface area contributed by atoms with Crippen LogP contribution in [-0.2, 0) is 27.9 Å². The summed E-state index contributed by atoms with van der Waals surface area (Å²) >= 11 is 0. The number of hydrogen-bond acceptors (Lipinski definition) is 8. The molecule has 0 fully saturated rings. The number of unbranched alkanes of at least 4 members (excludes halogenated alkanes) is 25. The van der Waals surface area contributed by atoms with Crippen LogP contribution in [0.4, 0.5) is 0 Å². The molecule has 0 saturated carbocycles. The van der Waals surface area contributed by atoms with E-state index in [-0.39, 0.29) is 25.6 Å². The molecule has 10 heteroatoms. The van der Waals surface area contributed by atoms with Crippen LogP contribution in [0, 0.1) is 0 Å². The molecule has 0 rings (SSSR count). The van der Waals surface area contributed by atoms with Crippen LogP contribution in [0.2, 0.25) is 0 Å². The van der Waals surface area contributed by atoms with Crippen LogP contribution in [0.3, 0.4) is 0 Å². The number of phosphoric acid groups is 1. The van der Waals surface area contributed by atoms with E-state index < -0.39 is 33.2 Å². The highest BCUT2D eigenvalue weighted by atomic mass is 31.2. The molecular weight excluding hydrogens is 776 g/mol. The van der Waals surface area contributed by atoms with Crippen LogP contribution in [0.1, 0.15) is 219 Å². The lowest BCUT2D eigenvalue weighted by atomic mass is 10.0. The molecule has 0 amide bonds. The number of hydrogen-bond donors (Lipinski definition) is 3. The predicted octanol–water partition coefficient (Wildman–Crippen LogP) is 14.1. The van der Waals surface area contributed by atoms with E-state index in [0.717, 1.165) is 64.2 Å². The minimum Gasteiger partial charge on any atom is -0.457 e. The molecule has 352 valence electrons. The second kappa shape index (κ2) is 46.9. The zero-order valence-corrected chi connectivity index (χ0v) is 39.6. The topological polar surface area (TPSA) is 132 Å². The fourth-order valence-electron chi connectivity index (χ4n) is 6.82. The molecule has 0 aliphatic rings. The Labute approximate surface area is 368 Å².